The number of amides is 3. The molecule has 0 saturated heterocycles. The van der Waals surface area contributed by atoms with Crippen molar-refractivity contribution < 1.29 is 29.4 Å². The van der Waals surface area contributed by atoms with Crippen molar-refractivity contribution in [1.29, 1.82) is 0 Å². The molecule has 0 rings (SSSR count). The van der Waals surface area contributed by atoms with Crippen LogP contribution in [0.5, 0.6) is 0 Å². The Hall–Kier alpha value is -2.12. The number of imide groups is 1. The predicted octanol–water partition coefficient (Wildman–Crippen LogP) is -0.118. The molecule has 0 bridgehead atoms. The third-order valence-corrected chi connectivity index (χ3v) is 2.06. The minimum Gasteiger partial charge on any atom is -0.481 e. The highest BCUT2D eigenvalue weighted by Gasteiger charge is 2.32. The molecule has 0 aliphatic heterocycles. The van der Waals surface area contributed by atoms with E-state index in [4.69, 9.17) is 10.2 Å². The molecule has 0 fully saturated rings. The van der Waals surface area contributed by atoms with E-state index >= 15 is 0 Å². The Morgan fingerprint density at radius 2 is 1.78 bits per heavy atom. The van der Waals surface area contributed by atoms with E-state index < -0.39 is 36.3 Å². The Labute approximate surface area is 104 Å². The fraction of sp³-hybridized carbons (Fsp3) is 0.600. The topological polar surface area (TPSA) is 124 Å². The number of nitrogens with zero attached hydrogens (tertiary/aromatic N) is 1. The molecule has 18 heavy (non-hydrogen) atoms. The maximum atomic E-state index is 11.6. The number of carbonyl (C=O) groups excluding carboxylic acids is 2. The largest absolute Gasteiger partial charge is 0.481 e. The van der Waals surface area contributed by atoms with Gasteiger partial charge in [-0.15, -0.1) is 0 Å². The van der Waals surface area contributed by atoms with Crippen LogP contribution in [-0.4, -0.2) is 51.6 Å². The Bertz CT molecular complexity index is 354. The number of aliphatic carboxylic acids is 2. The van der Waals surface area contributed by atoms with Gasteiger partial charge >= 0.3 is 18.0 Å². The van der Waals surface area contributed by atoms with Crippen LogP contribution in [0.4, 0.5) is 4.79 Å². The maximum absolute atomic E-state index is 11.6. The number of carboxylic acids is 2. The summed E-state index contributed by atoms with van der Waals surface area (Å²) in [7, 11) is 0. The van der Waals surface area contributed by atoms with Crippen molar-refractivity contribution in [2.75, 3.05) is 6.54 Å². The number of carboxylic acid groups (broad SMARTS) is 2. The molecule has 0 spiro atoms. The van der Waals surface area contributed by atoms with Gasteiger partial charge in [-0.3, -0.25) is 9.59 Å². The number of urea groups is 1. The Kier molecular flexibility index (Phi) is 6.40. The Balaban J connectivity index is 4.92. The molecule has 102 valence electrons. The molecule has 3 amide bonds. The lowest BCUT2D eigenvalue weighted by Gasteiger charge is -2.24. The zero-order valence-corrected chi connectivity index (χ0v) is 10.2. The summed E-state index contributed by atoms with van der Waals surface area (Å²) in [5, 5.41) is 19.6. The van der Waals surface area contributed by atoms with E-state index in [1.807, 2.05) is 0 Å². The van der Waals surface area contributed by atoms with E-state index in [0.29, 0.717) is 11.3 Å². The van der Waals surface area contributed by atoms with Crippen molar-refractivity contribution in [2.45, 2.75) is 32.7 Å². The van der Waals surface area contributed by atoms with E-state index in [1.54, 1.807) is 6.92 Å². The van der Waals surface area contributed by atoms with E-state index in [1.165, 1.54) is 0 Å². The number of nitrogens with one attached hydrogen (secondary N) is 1. The first-order valence-corrected chi connectivity index (χ1v) is 5.35. The summed E-state index contributed by atoms with van der Waals surface area (Å²) in [5.74, 6) is -3.88. The van der Waals surface area contributed by atoms with Crippen LogP contribution >= 0.6 is 0 Å². The third kappa shape index (κ3) is 4.81. The molecular formula is C10H16N2O6. The van der Waals surface area contributed by atoms with Gasteiger partial charge in [-0.25, -0.2) is 14.5 Å². The molecule has 0 aliphatic rings. The van der Waals surface area contributed by atoms with Crippen molar-refractivity contribution in [1.82, 2.24) is 10.2 Å². The molecule has 3 N–H and O–H groups in total. The maximum Gasteiger partial charge on any atom is 0.326 e. The SMILES string of the molecule is CCCNC(=O)N(C(=O)CC(=O)O)C(C)C(=O)O. The van der Waals surface area contributed by atoms with Gasteiger partial charge in [0.05, 0.1) is 0 Å². The normalized spacial score (nSPS) is 11.4. The molecular weight excluding hydrogens is 244 g/mol. The fourth-order valence-electron chi connectivity index (χ4n) is 1.15. The monoisotopic (exact) mass is 260 g/mol. The molecule has 0 aromatic carbocycles. The minimum atomic E-state index is -1.43. The number of carbonyl (C=O) groups is 4. The van der Waals surface area contributed by atoms with Gasteiger partial charge in [0.15, 0.2) is 0 Å². The zero-order chi connectivity index (χ0) is 14.3. The lowest BCUT2D eigenvalue weighted by molar-refractivity contribution is -0.150. The van der Waals surface area contributed by atoms with Gasteiger partial charge in [0.2, 0.25) is 5.91 Å². The molecule has 0 heterocycles. The Morgan fingerprint density at radius 1 is 1.22 bits per heavy atom. The second-order valence-electron chi connectivity index (χ2n) is 3.58. The van der Waals surface area contributed by atoms with E-state index in [0.717, 1.165) is 6.92 Å². The van der Waals surface area contributed by atoms with E-state index in [9.17, 15) is 19.2 Å². The highest BCUT2D eigenvalue weighted by molar-refractivity contribution is 6.04. The van der Waals surface area contributed by atoms with Gasteiger partial charge in [0.25, 0.3) is 0 Å². The van der Waals surface area contributed by atoms with Gasteiger partial charge in [-0.1, -0.05) is 6.92 Å². The van der Waals surface area contributed by atoms with Crippen LogP contribution in [0.3, 0.4) is 0 Å². The molecule has 0 aromatic heterocycles. The van der Waals surface area contributed by atoms with Crippen molar-refractivity contribution in [2.24, 2.45) is 0 Å². The summed E-state index contributed by atoms with van der Waals surface area (Å²) < 4.78 is 0. The predicted molar refractivity (Wildman–Crippen MR) is 59.9 cm³/mol. The van der Waals surface area contributed by atoms with Crippen LogP contribution in [0, 0.1) is 0 Å². The van der Waals surface area contributed by atoms with Crippen LogP contribution < -0.4 is 5.32 Å². The first-order chi connectivity index (χ1) is 8.31. The van der Waals surface area contributed by atoms with Crippen LogP contribution in [0.25, 0.3) is 0 Å². The third-order valence-electron chi connectivity index (χ3n) is 2.06. The molecule has 1 atom stereocenters. The summed E-state index contributed by atoms with van der Waals surface area (Å²) in [6.45, 7) is 3.18. The molecule has 0 aliphatic carbocycles. The average Bonchev–Trinajstić information content (AvgIpc) is 2.25. The summed E-state index contributed by atoms with van der Waals surface area (Å²) in [6, 6.07) is -2.33. The van der Waals surface area contributed by atoms with Crippen LogP contribution in [0.1, 0.15) is 26.7 Å². The second-order valence-corrected chi connectivity index (χ2v) is 3.58. The van der Waals surface area contributed by atoms with Gasteiger partial charge in [-0.05, 0) is 13.3 Å². The lowest BCUT2D eigenvalue weighted by atomic mass is 10.2. The fourth-order valence-corrected chi connectivity index (χ4v) is 1.15. The van der Waals surface area contributed by atoms with Gasteiger partial charge in [0, 0.05) is 6.54 Å². The second kappa shape index (κ2) is 7.25. The highest BCUT2D eigenvalue weighted by atomic mass is 16.4. The number of hydrogen-bond acceptors (Lipinski definition) is 4. The first-order valence-electron chi connectivity index (χ1n) is 5.35. The summed E-state index contributed by atoms with van der Waals surface area (Å²) in [4.78, 5) is 44.7. The van der Waals surface area contributed by atoms with Crippen molar-refractivity contribution in [3.8, 4) is 0 Å². The summed E-state index contributed by atoms with van der Waals surface area (Å²) in [6.07, 6.45) is -0.328. The standard InChI is InChI=1S/C10H16N2O6/c1-3-4-11-10(18)12(6(2)9(16)17)7(13)5-8(14)15/h6H,3-5H2,1-2H3,(H,11,18)(H,14,15)(H,16,17). The minimum absolute atomic E-state index is 0.266. The summed E-state index contributed by atoms with van der Waals surface area (Å²) >= 11 is 0. The first kappa shape index (κ1) is 15.9. The molecule has 8 nitrogen and oxygen atoms in total. The van der Waals surface area contributed by atoms with E-state index in [-0.39, 0.29) is 6.54 Å². The molecule has 8 heteroatoms. The van der Waals surface area contributed by atoms with Crippen LogP contribution in [-0.2, 0) is 14.4 Å². The van der Waals surface area contributed by atoms with Gasteiger partial charge in [-0.2, -0.15) is 0 Å². The van der Waals surface area contributed by atoms with Gasteiger partial charge in [0.1, 0.15) is 12.5 Å². The quantitative estimate of drug-likeness (QED) is 0.572. The number of rotatable bonds is 6. The number of hydrogen-bond donors (Lipinski definition) is 3. The summed E-state index contributed by atoms with van der Waals surface area (Å²) in [5.41, 5.74) is 0. The Morgan fingerprint density at radius 3 is 2.17 bits per heavy atom. The molecule has 0 aromatic rings. The van der Waals surface area contributed by atoms with Crippen LogP contribution in [0.2, 0.25) is 0 Å². The van der Waals surface area contributed by atoms with Crippen LogP contribution in [0.15, 0.2) is 0 Å². The van der Waals surface area contributed by atoms with Crippen molar-refractivity contribution >= 4 is 23.9 Å². The average molecular weight is 260 g/mol. The smallest absolute Gasteiger partial charge is 0.326 e. The highest BCUT2D eigenvalue weighted by Crippen LogP contribution is 2.04. The van der Waals surface area contributed by atoms with E-state index in [2.05, 4.69) is 5.32 Å². The molecule has 0 saturated carbocycles. The molecule has 1 unspecified atom stereocenters. The lowest BCUT2D eigenvalue weighted by Crippen LogP contribution is -2.52. The molecule has 0 radical (unpaired) electrons. The van der Waals surface area contributed by atoms with Crippen molar-refractivity contribution in [3.63, 3.8) is 0 Å². The zero-order valence-electron chi connectivity index (χ0n) is 10.2. The van der Waals surface area contributed by atoms with Gasteiger partial charge < -0.3 is 15.5 Å². The van der Waals surface area contributed by atoms with Crippen molar-refractivity contribution in [3.05, 3.63) is 0 Å².